The van der Waals surface area contributed by atoms with Gasteiger partial charge >= 0.3 is 0 Å². The van der Waals surface area contributed by atoms with Gasteiger partial charge in [0.1, 0.15) is 0 Å². The Kier molecular flexibility index (Phi) is 5.41. The molecule has 1 amide bonds. The summed E-state index contributed by atoms with van der Waals surface area (Å²) < 4.78 is 2.08. The number of Topliss-reactive ketones (excluding diaryl/α,β-unsaturated/α-hetero) is 1. The number of ketones is 1. The van der Waals surface area contributed by atoms with Gasteiger partial charge in [-0.1, -0.05) is 6.42 Å². The van der Waals surface area contributed by atoms with Crippen molar-refractivity contribution in [1.29, 1.82) is 0 Å². The van der Waals surface area contributed by atoms with Gasteiger partial charge in [-0.25, -0.2) is 0 Å². The molecule has 7 heteroatoms. The maximum absolute atomic E-state index is 12.0. The fraction of sp³-hybridized carbons (Fsp3) is 0.550. The van der Waals surface area contributed by atoms with Crippen LogP contribution in [0.25, 0.3) is 0 Å². The molecule has 1 fully saturated rings. The number of carbonyl (C=O) groups excluding carboxylic acids is 2. The first-order chi connectivity index (χ1) is 13.1. The van der Waals surface area contributed by atoms with E-state index >= 15 is 0 Å². The molecule has 1 aliphatic heterocycles. The normalized spacial score (nSPS) is 17.8. The number of hydrogen-bond donors (Lipinski definition) is 1. The number of amides is 1. The zero-order valence-electron chi connectivity index (χ0n) is 15.7. The van der Waals surface area contributed by atoms with E-state index in [1.165, 1.54) is 29.0 Å². The Morgan fingerprint density at radius 1 is 1.26 bits per heavy atom. The molecule has 0 atom stereocenters. The Bertz CT molecular complexity index is 837. The number of aryl methyl sites for hydroxylation is 1. The average molecular weight is 387 g/mol. The van der Waals surface area contributed by atoms with Crippen LogP contribution in [0.3, 0.4) is 0 Å². The quantitative estimate of drug-likeness (QED) is 0.775. The van der Waals surface area contributed by atoms with Crippen LogP contribution in [0.5, 0.6) is 0 Å². The van der Waals surface area contributed by atoms with Crippen LogP contribution in [0, 0.1) is 5.92 Å². The highest BCUT2D eigenvalue weighted by Crippen LogP contribution is 2.26. The van der Waals surface area contributed by atoms with Gasteiger partial charge in [0, 0.05) is 32.1 Å². The minimum absolute atomic E-state index is 0.133. The first kappa shape index (κ1) is 18.4. The summed E-state index contributed by atoms with van der Waals surface area (Å²) in [5.41, 5.74) is 3.34. The maximum Gasteiger partial charge on any atom is 0.223 e. The molecule has 0 radical (unpaired) electrons. The second-order valence-electron chi connectivity index (χ2n) is 7.64. The molecule has 2 aromatic rings. The maximum atomic E-state index is 12.0. The van der Waals surface area contributed by atoms with Gasteiger partial charge in [-0.3, -0.25) is 19.2 Å². The number of thiophene rings is 1. The first-order valence-corrected chi connectivity index (χ1v) is 10.6. The van der Waals surface area contributed by atoms with Gasteiger partial charge in [-0.2, -0.15) is 5.10 Å². The van der Waals surface area contributed by atoms with Gasteiger partial charge in [0.05, 0.1) is 22.8 Å². The molecule has 144 valence electrons. The molecule has 4 rings (SSSR count). The molecule has 0 aromatic carbocycles. The van der Waals surface area contributed by atoms with E-state index in [0.29, 0.717) is 6.54 Å². The van der Waals surface area contributed by atoms with E-state index in [1.807, 2.05) is 6.07 Å². The lowest BCUT2D eigenvalue weighted by atomic mass is 9.85. The summed E-state index contributed by atoms with van der Waals surface area (Å²) in [6.45, 7) is 5.75. The van der Waals surface area contributed by atoms with Crippen molar-refractivity contribution >= 4 is 23.0 Å². The molecule has 27 heavy (non-hydrogen) atoms. The van der Waals surface area contributed by atoms with E-state index < -0.39 is 0 Å². The lowest BCUT2D eigenvalue weighted by Gasteiger charge is -2.23. The van der Waals surface area contributed by atoms with Crippen LogP contribution in [-0.2, 0) is 31.0 Å². The Balaban J connectivity index is 1.37. The predicted octanol–water partition coefficient (Wildman–Crippen LogP) is 2.97. The van der Waals surface area contributed by atoms with Crippen molar-refractivity contribution in [2.24, 2.45) is 5.92 Å². The molecule has 1 N–H and O–H groups in total. The molecule has 2 aliphatic rings. The molecule has 1 aliphatic carbocycles. The van der Waals surface area contributed by atoms with E-state index in [9.17, 15) is 9.59 Å². The second kappa shape index (κ2) is 7.94. The highest BCUT2D eigenvalue weighted by atomic mass is 32.1. The topological polar surface area (TPSA) is 67.2 Å². The Labute approximate surface area is 163 Å². The van der Waals surface area contributed by atoms with Gasteiger partial charge < -0.3 is 5.32 Å². The van der Waals surface area contributed by atoms with Crippen molar-refractivity contribution in [2.75, 3.05) is 6.54 Å². The molecule has 0 saturated heterocycles. The van der Waals surface area contributed by atoms with Crippen molar-refractivity contribution < 1.29 is 9.59 Å². The van der Waals surface area contributed by atoms with Crippen LogP contribution < -0.4 is 5.32 Å². The smallest absolute Gasteiger partial charge is 0.223 e. The summed E-state index contributed by atoms with van der Waals surface area (Å²) in [6, 6.07) is 4.13. The molecule has 3 heterocycles. The average Bonchev–Trinajstić information content (AvgIpc) is 3.15. The standard InChI is InChI=1S/C20H26N4O2S/c1-14(25)19-8-15(13-27-19)11-23-6-3-7-24-18(12-23)9-17(22-24)10-21-20(26)16-4-2-5-16/h8-9,13,16H,2-7,10-12H2,1H3,(H,21,26). The fourth-order valence-electron chi connectivity index (χ4n) is 3.70. The number of carbonyl (C=O) groups is 2. The van der Waals surface area contributed by atoms with Crippen LogP contribution in [-0.4, -0.2) is 32.9 Å². The number of rotatable bonds is 6. The summed E-state index contributed by atoms with van der Waals surface area (Å²) in [5, 5.41) is 9.80. The molecule has 0 bridgehead atoms. The Morgan fingerprint density at radius 3 is 2.81 bits per heavy atom. The van der Waals surface area contributed by atoms with Crippen LogP contribution in [0.2, 0.25) is 0 Å². The number of fused-ring (bicyclic) bond motifs is 1. The van der Waals surface area contributed by atoms with Gasteiger partial charge in [0.25, 0.3) is 0 Å². The summed E-state index contributed by atoms with van der Waals surface area (Å²) >= 11 is 1.53. The third-order valence-electron chi connectivity index (χ3n) is 5.47. The minimum atomic E-state index is 0.133. The fourth-order valence-corrected chi connectivity index (χ4v) is 4.51. The third-order valence-corrected chi connectivity index (χ3v) is 6.55. The van der Waals surface area contributed by atoms with Crippen LogP contribution >= 0.6 is 11.3 Å². The van der Waals surface area contributed by atoms with E-state index in [0.717, 1.165) is 56.0 Å². The highest BCUT2D eigenvalue weighted by Gasteiger charge is 2.25. The minimum Gasteiger partial charge on any atom is -0.350 e. The largest absolute Gasteiger partial charge is 0.350 e. The van der Waals surface area contributed by atoms with Crippen LogP contribution in [0.4, 0.5) is 0 Å². The molecule has 0 unspecified atom stereocenters. The molecule has 1 saturated carbocycles. The predicted molar refractivity (Wildman–Crippen MR) is 104 cm³/mol. The van der Waals surface area contributed by atoms with Gasteiger partial charge in [-0.15, -0.1) is 11.3 Å². The van der Waals surface area contributed by atoms with Crippen molar-refractivity contribution in [1.82, 2.24) is 20.0 Å². The van der Waals surface area contributed by atoms with Crippen molar-refractivity contribution in [3.05, 3.63) is 39.3 Å². The molecule has 0 spiro atoms. The lowest BCUT2D eigenvalue weighted by molar-refractivity contribution is -0.127. The van der Waals surface area contributed by atoms with Crippen molar-refractivity contribution in [3.63, 3.8) is 0 Å². The molecular weight excluding hydrogens is 360 g/mol. The van der Waals surface area contributed by atoms with E-state index in [2.05, 4.69) is 31.4 Å². The zero-order chi connectivity index (χ0) is 18.8. The first-order valence-electron chi connectivity index (χ1n) is 9.72. The van der Waals surface area contributed by atoms with Crippen molar-refractivity contribution in [3.8, 4) is 0 Å². The Morgan fingerprint density at radius 2 is 2.11 bits per heavy atom. The van der Waals surface area contributed by atoms with E-state index in [4.69, 9.17) is 0 Å². The number of nitrogens with one attached hydrogen (secondary N) is 1. The second-order valence-corrected chi connectivity index (χ2v) is 8.55. The number of aromatic nitrogens is 2. The van der Waals surface area contributed by atoms with Crippen LogP contribution in [0.15, 0.2) is 17.5 Å². The van der Waals surface area contributed by atoms with Gasteiger partial charge in [-0.05, 0) is 49.3 Å². The summed E-state index contributed by atoms with van der Waals surface area (Å²) in [4.78, 5) is 26.8. The number of nitrogens with zero attached hydrogens (tertiary/aromatic N) is 3. The van der Waals surface area contributed by atoms with Crippen LogP contribution in [0.1, 0.15) is 59.2 Å². The van der Waals surface area contributed by atoms with Gasteiger partial charge in [0.15, 0.2) is 5.78 Å². The summed E-state index contributed by atoms with van der Waals surface area (Å²) in [7, 11) is 0. The van der Waals surface area contributed by atoms with E-state index in [-0.39, 0.29) is 17.6 Å². The SMILES string of the molecule is CC(=O)c1cc(CN2CCCn3nc(CNC(=O)C4CCC4)cc3C2)cs1. The summed E-state index contributed by atoms with van der Waals surface area (Å²) in [5.74, 6) is 0.519. The lowest BCUT2D eigenvalue weighted by Crippen LogP contribution is -2.34. The Hall–Kier alpha value is -1.99. The highest BCUT2D eigenvalue weighted by molar-refractivity contribution is 7.12. The van der Waals surface area contributed by atoms with Gasteiger partial charge in [0.2, 0.25) is 5.91 Å². The molecule has 6 nitrogen and oxygen atoms in total. The third kappa shape index (κ3) is 4.30. The molecular formula is C20H26N4O2S. The van der Waals surface area contributed by atoms with Crippen molar-refractivity contribution in [2.45, 2.75) is 58.8 Å². The summed E-state index contributed by atoms with van der Waals surface area (Å²) in [6.07, 6.45) is 4.26. The monoisotopic (exact) mass is 386 g/mol. The zero-order valence-corrected chi connectivity index (χ0v) is 16.6. The molecule has 2 aromatic heterocycles. The van der Waals surface area contributed by atoms with E-state index in [1.54, 1.807) is 6.92 Å². The number of hydrogen-bond acceptors (Lipinski definition) is 5.